The highest BCUT2D eigenvalue weighted by Crippen LogP contribution is 2.18. The minimum Gasteiger partial charge on any atom is -0.491 e. The molecule has 39 heavy (non-hydrogen) atoms. The summed E-state index contributed by atoms with van der Waals surface area (Å²) in [7, 11) is 0. The molecule has 0 radical (unpaired) electrons. The molecule has 13 nitrogen and oxygen atoms in total. The van der Waals surface area contributed by atoms with Crippen LogP contribution in [0.25, 0.3) is 0 Å². The molecule has 0 aliphatic rings. The molecule has 1 aromatic carbocycles. The van der Waals surface area contributed by atoms with Crippen molar-refractivity contribution in [3.63, 3.8) is 0 Å². The van der Waals surface area contributed by atoms with Gasteiger partial charge < -0.3 is 36.2 Å². The molecular formula is C25H35FN4O9. The number of rotatable bonds is 18. The van der Waals surface area contributed by atoms with Gasteiger partial charge in [0.1, 0.15) is 12.1 Å². The maximum Gasteiger partial charge on any atom is 0.305 e. The number of carbonyl (C=O) groups excluding carboxylic acids is 4. The number of benzene rings is 1. The van der Waals surface area contributed by atoms with Gasteiger partial charge in [-0.3, -0.25) is 28.8 Å². The average molecular weight is 555 g/mol. The Morgan fingerprint density at radius 3 is 2.05 bits per heavy atom. The highest BCUT2D eigenvalue weighted by Gasteiger charge is 2.26. The van der Waals surface area contributed by atoms with Gasteiger partial charge in [0.05, 0.1) is 26.0 Å². The van der Waals surface area contributed by atoms with Crippen LogP contribution in [0.4, 0.5) is 4.39 Å². The summed E-state index contributed by atoms with van der Waals surface area (Å²) in [6.45, 7) is 2.75. The summed E-state index contributed by atoms with van der Waals surface area (Å²) in [4.78, 5) is 69.9. The van der Waals surface area contributed by atoms with Crippen LogP contribution >= 0.6 is 0 Å². The van der Waals surface area contributed by atoms with Crippen molar-refractivity contribution in [1.82, 2.24) is 21.3 Å². The van der Waals surface area contributed by atoms with Crippen molar-refractivity contribution in [2.24, 2.45) is 0 Å². The van der Waals surface area contributed by atoms with Crippen LogP contribution in [-0.4, -0.2) is 77.6 Å². The summed E-state index contributed by atoms with van der Waals surface area (Å²) >= 11 is 0. The molecule has 6 N–H and O–H groups in total. The maximum atomic E-state index is 13.7. The zero-order chi connectivity index (χ0) is 29.4. The molecule has 0 fully saturated rings. The van der Waals surface area contributed by atoms with E-state index in [2.05, 4.69) is 21.3 Å². The Labute approximate surface area is 224 Å². The second-order valence-corrected chi connectivity index (χ2v) is 8.77. The molecule has 0 heterocycles. The fraction of sp³-hybridized carbons (Fsp3) is 0.520. The molecule has 4 amide bonds. The Balaban J connectivity index is 2.39. The molecule has 14 heteroatoms. The lowest BCUT2D eigenvalue weighted by atomic mass is 10.1. The van der Waals surface area contributed by atoms with Crippen molar-refractivity contribution in [1.29, 1.82) is 0 Å². The fourth-order valence-corrected chi connectivity index (χ4v) is 3.37. The first-order valence-electron chi connectivity index (χ1n) is 12.3. The van der Waals surface area contributed by atoms with Crippen LogP contribution in [0.1, 0.15) is 51.0 Å². The van der Waals surface area contributed by atoms with E-state index in [9.17, 15) is 33.2 Å². The van der Waals surface area contributed by atoms with E-state index < -0.39 is 72.9 Å². The van der Waals surface area contributed by atoms with Gasteiger partial charge in [-0.1, -0.05) is 18.9 Å². The van der Waals surface area contributed by atoms with Crippen molar-refractivity contribution in [3.05, 3.63) is 29.6 Å². The minimum absolute atomic E-state index is 0.187. The number of carboxylic acid groups (broad SMARTS) is 2. The third kappa shape index (κ3) is 14.3. The van der Waals surface area contributed by atoms with Crippen molar-refractivity contribution < 1.29 is 48.1 Å². The molecule has 2 unspecified atom stereocenters. The van der Waals surface area contributed by atoms with E-state index in [-0.39, 0.29) is 12.3 Å². The van der Waals surface area contributed by atoms with Crippen LogP contribution in [-0.2, 0) is 28.8 Å². The largest absolute Gasteiger partial charge is 0.491 e. The highest BCUT2D eigenvalue weighted by atomic mass is 19.1. The van der Waals surface area contributed by atoms with Crippen LogP contribution in [0, 0.1) is 12.7 Å². The van der Waals surface area contributed by atoms with E-state index in [1.165, 1.54) is 6.07 Å². The van der Waals surface area contributed by atoms with Gasteiger partial charge >= 0.3 is 11.9 Å². The first-order chi connectivity index (χ1) is 18.4. The summed E-state index contributed by atoms with van der Waals surface area (Å²) in [5, 5.41) is 27.0. The standard InChI is InChI=1S/C25H35FN4O9/c1-15-7-8-20(17(26)11-15)39-10-6-4-3-5-9-27-24(37)19(13-23(35)36)30-21(32)14-28-25(38)18(12-22(33)34)29-16(2)31/h7-8,11,18-19H,3-6,9-10,12-14H2,1-2H3,(H,27,37)(H,28,38)(H,29,31)(H,30,32)(H,33,34)(H,35,36). The van der Waals surface area contributed by atoms with Crippen molar-refractivity contribution >= 4 is 35.6 Å². The van der Waals surface area contributed by atoms with E-state index in [4.69, 9.17) is 14.9 Å². The predicted molar refractivity (Wildman–Crippen MR) is 135 cm³/mol. The lowest BCUT2D eigenvalue weighted by Gasteiger charge is -2.18. The number of aryl methyl sites for hydroxylation is 1. The second kappa shape index (κ2) is 17.3. The summed E-state index contributed by atoms with van der Waals surface area (Å²) in [5.74, 6) is -6.11. The van der Waals surface area contributed by atoms with E-state index in [0.717, 1.165) is 18.9 Å². The molecule has 0 aliphatic carbocycles. The molecule has 1 rings (SSSR count). The Hall–Kier alpha value is -4.23. The van der Waals surface area contributed by atoms with E-state index in [1.54, 1.807) is 19.1 Å². The van der Waals surface area contributed by atoms with Gasteiger partial charge in [0.2, 0.25) is 23.6 Å². The van der Waals surface area contributed by atoms with Gasteiger partial charge in [0.25, 0.3) is 0 Å². The fourth-order valence-electron chi connectivity index (χ4n) is 3.37. The van der Waals surface area contributed by atoms with Gasteiger partial charge in [-0.2, -0.15) is 0 Å². The number of unbranched alkanes of at least 4 members (excludes halogenated alkanes) is 3. The Morgan fingerprint density at radius 2 is 1.46 bits per heavy atom. The van der Waals surface area contributed by atoms with Crippen LogP contribution in [0.15, 0.2) is 18.2 Å². The van der Waals surface area contributed by atoms with E-state index >= 15 is 0 Å². The number of hydrogen-bond acceptors (Lipinski definition) is 7. The Morgan fingerprint density at radius 1 is 0.872 bits per heavy atom. The molecule has 216 valence electrons. The van der Waals surface area contributed by atoms with E-state index in [0.29, 0.717) is 25.9 Å². The third-order valence-corrected chi connectivity index (χ3v) is 5.24. The SMILES string of the molecule is CC(=O)NC(CC(=O)O)C(=O)NCC(=O)NC(CC(=O)O)C(=O)NCCCCCCOc1ccc(C)cc1F. The normalized spacial score (nSPS) is 12.0. The quantitative estimate of drug-likeness (QED) is 0.138. The number of amides is 4. The number of aliphatic carboxylic acids is 2. The lowest BCUT2D eigenvalue weighted by molar-refractivity contribution is -0.140. The zero-order valence-corrected chi connectivity index (χ0v) is 21.9. The van der Waals surface area contributed by atoms with Crippen LogP contribution in [0.5, 0.6) is 5.75 Å². The van der Waals surface area contributed by atoms with Crippen molar-refractivity contribution in [2.45, 2.75) is 64.5 Å². The molecular weight excluding hydrogens is 519 g/mol. The number of ether oxygens (including phenoxy) is 1. The van der Waals surface area contributed by atoms with Gasteiger partial charge in [0.15, 0.2) is 11.6 Å². The predicted octanol–water partition coefficient (Wildman–Crippen LogP) is 0.245. The summed E-state index contributed by atoms with van der Waals surface area (Å²) in [5.41, 5.74) is 0.795. The molecule has 0 aromatic heterocycles. The first-order valence-corrected chi connectivity index (χ1v) is 12.3. The minimum atomic E-state index is -1.42. The molecule has 0 saturated heterocycles. The number of halogens is 1. The zero-order valence-electron chi connectivity index (χ0n) is 21.9. The maximum absolute atomic E-state index is 13.7. The number of carboxylic acids is 2. The number of hydrogen-bond donors (Lipinski definition) is 6. The number of nitrogens with one attached hydrogen (secondary N) is 4. The number of carbonyl (C=O) groups is 6. The molecule has 0 bridgehead atoms. The lowest BCUT2D eigenvalue weighted by Crippen LogP contribution is -2.52. The smallest absolute Gasteiger partial charge is 0.305 e. The molecule has 2 atom stereocenters. The van der Waals surface area contributed by atoms with Gasteiger partial charge in [-0.25, -0.2) is 4.39 Å². The first kappa shape index (κ1) is 32.8. The van der Waals surface area contributed by atoms with Crippen LogP contribution in [0.3, 0.4) is 0 Å². The van der Waals surface area contributed by atoms with Gasteiger partial charge in [-0.05, 0) is 37.5 Å². The monoisotopic (exact) mass is 554 g/mol. The van der Waals surface area contributed by atoms with Gasteiger partial charge in [0, 0.05) is 13.5 Å². The topological polar surface area (TPSA) is 200 Å². The molecule has 0 aliphatic heterocycles. The van der Waals surface area contributed by atoms with Gasteiger partial charge in [-0.15, -0.1) is 0 Å². The molecule has 0 saturated carbocycles. The Kier molecular flexibility index (Phi) is 14.6. The summed E-state index contributed by atoms with van der Waals surface area (Å²) in [6.07, 6.45) is 1.29. The molecule has 1 aromatic rings. The highest BCUT2D eigenvalue weighted by molar-refractivity contribution is 5.94. The van der Waals surface area contributed by atoms with Crippen LogP contribution in [0.2, 0.25) is 0 Å². The van der Waals surface area contributed by atoms with Crippen molar-refractivity contribution in [3.8, 4) is 5.75 Å². The Bertz CT molecular complexity index is 1020. The summed E-state index contributed by atoms with van der Waals surface area (Å²) in [6, 6.07) is 1.89. The second-order valence-electron chi connectivity index (χ2n) is 8.77. The average Bonchev–Trinajstić information content (AvgIpc) is 2.83. The molecule has 0 spiro atoms. The third-order valence-electron chi connectivity index (χ3n) is 5.24. The summed E-state index contributed by atoms with van der Waals surface area (Å²) < 4.78 is 19.2. The van der Waals surface area contributed by atoms with Crippen molar-refractivity contribution in [2.75, 3.05) is 19.7 Å². The van der Waals surface area contributed by atoms with E-state index in [1.807, 2.05) is 0 Å². The van der Waals surface area contributed by atoms with Crippen LogP contribution < -0.4 is 26.0 Å².